The first-order valence-corrected chi connectivity index (χ1v) is 6.67. The number of hydrogen-bond donors (Lipinski definition) is 2. The summed E-state index contributed by atoms with van der Waals surface area (Å²) in [6.45, 7) is 7.98. The molecule has 5 heteroatoms. The van der Waals surface area contributed by atoms with Crippen LogP contribution < -0.4 is 5.32 Å². The highest BCUT2D eigenvalue weighted by Gasteiger charge is 2.28. The van der Waals surface area contributed by atoms with Gasteiger partial charge in [-0.05, 0) is 24.7 Å². The van der Waals surface area contributed by atoms with Crippen LogP contribution >= 0.6 is 0 Å². The smallest absolute Gasteiger partial charge is 0.317 e. The van der Waals surface area contributed by atoms with Crippen molar-refractivity contribution < 1.29 is 14.7 Å². The van der Waals surface area contributed by atoms with Crippen molar-refractivity contribution in [2.75, 3.05) is 19.6 Å². The van der Waals surface area contributed by atoms with Gasteiger partial charge in [0.2, 0.25) is 0 Å². The van der Waals surface area contributed by atoms with E-state index in [-0.39, 0.29) is 6.03 Å². The second-order valence-corrected chi connectivity index (χ2v) is 5.53. The normalized spacial score (nSPS) is 21.8. The molecule has 18 heavy (non-hydrogen) atoms. The molecule has 2 N–H and O–H groups in total. The standard InChI is InChI=1S/C13H24N2O3/c1-9(2)10(3)7-14-13(18)15-6-4-5-11(8-15)12(16)17/h9-11H,4-8H2,1-3H3,(H,14,18)(H,16,17)/t10?,11-/m0/s1. The van der Waals surface area contributed by atoms with Crippen LogP contribution in [0.15, 0.2) is 0 Å². The molecular formula is C13H24N2O3. The first-order chi connectivity index (χ1) is 8.41. The van der Waals surface area contributed by atoms with Crippen LogP contribution in [0, 0.1) is 17.8 Å². The number of urea groups is 1. The Labute approximate surface area is 109 Å². The first kappa shape index (κ1) is 14.8. The Balaban J connectivity index is 2.39. The van der Waals surface area contributed by atoms with Crippen molar-refractivity contribution in [3.05, 3.63) is 0 Å². The lowest BCUT2D eigenvalue weighted by Gasteiger charge is -2.31. The van der Waals surface area contributed by atoms with Crippen LogP contribution in [0.2, 0.25) is 0 Å². The molecule has 2 atom stereocenters. The predicted molar refractivity (Wildman–Crippen MR) is 69.3 cm³/mol. The fraction of sp³-hybridized carbons (Fsp3) is 0.846. The summed E-state index contributed by atoms with van der Waals surface area (Å²) in [7, 11) is 0. The van der Waals surface area contributed by atoms with Crippen LogP contribution in [0.1, 0.15) is 33.6 Å². The fourth-order valence-electron chi connectivity index (χ4n) is 1.96. The fourth-order valence-corrected chi connectivity index (χ4v) is 1.96. The molecule has 0 radical (unpaired) electrons. The van der Waals surface area contributed by atoms with Crippen LogP contribution in [0.5, 0.6) is 0 Å². The van der Waals surface area contributed by atoms with E-state index in [2.05, 4.69) is 26.1 Å². The summed E-state index contributed by atoms with van der Waals surface area (Å²) in [4.78, 5) is 24.5. The lowest BCUT2D eigenvalue weighted by Crippen LogP contribution is -2.48. The molecule has 1 heterocycles. The Morgan fingerprint density at radius 2 is 2.06 bits per heavy atom. The van der Waals surface area contributed by atoms with E-state index in [0.717, 1.165) is 6.42 Å². The molecule has 1 rings (SSSR count). The van der Waals surface area contributed by atoms with Crippen molar-refractivity contribution >= 4 is 12.0 Å². The van der Waals surface area contributed by atoms with E-state index >= 15 is 0 Å². The number of rotatable bonds is 4. The molecule has 0 aromatic carbocycles. The van der Waals surface area contributed by atoms with Crippen LogP contribution in [-0.2, 0) is 4.79 Å². The highest BCUT2D eigenvalue weighted by atomic mass is 16.4. The molecule has 0 saturated carbocycles. The van der Waals surface area contributed by atoms with Gasteiger partial charge < -0.3 is 15.3 Å². The third kappa shape index (κ3) is 4.20. The molecule has 1 aliphatic heterocycles. The first-order valence-electron chi connectivity index (χ1n) is 6.67. The second-order valence-electron chi connectivity index (χ2n) is 5.53. The van der Waals surface area contributed by atoms with Gasteiger partial charge >= 0.3 is 12.0 Å². The highest BCUT2D eigenvalue weighted by Crippen LogP contribution is 2.16. The minimum atomic E-state index is -0.803. The Kier molecular flexibility index (Phi) is 5.44. The number of carbonyl (C=O) groups excluding carboxylic acids is 1. The molecule has 0 spiro atoms. The quantitative estimate of drug-likeness (QED) is 0.805. The van der Waals surface area contributed by atoms with Gasteiger partial charge in [-0.15, -0.1) is 0 Å². The minimum Gasteiger partial charge on any atom is -0.481 e. The molecule has 1 aliphatic rings. The molecule has 1 saturated heterocycles. The second kappa shape index (κ2) is 6.61. The summed E-state index contributed by atoms with van der Waals surface area (Å²) in [6, 6.07) is -0.131. The number of amides is 2. The van der Waals surface area contributed by atoms with Crippen LogP contribution in [0.3, 0.4) is 0 Å². The zero-order valence-corrected chi connectivity index (χ0v) is 11.5. The van der Waals surface area contributed by atoms with Gasteiger partial charge in [-0.3, -0.25) is 4.79 Å². The van der Waals surface area contributed by atoms with E-state index in [1.54, 1.807) is 4.90 Å². The van der Waals surface area contributed by atoms with E-state index in [4.69, 9.17) is 5.11 Å². The minimum absolute atomic E-state index is 0.131. The molecule has 5 nitrogen and oxygen atoms in total. The van der Waals surface area contributed by atoms with E-state index < -0.39 is 11.9 Å². The summed E-state index contributed by atoms with van der Waals surface area (Å²) < 4.78 is 0. The number of aliphatic carboxylic acids is 1. The van der Waals surface area contributed by atoms with E-state index in [9.17, 15) is 9.59 Å². The molecule has 0 aromatic rings. The van der Waals surface area contributed by atoms with Crippen molar-refractivity contribution in [3.8, 4) is 0 Å². The predicted octanol–water partition coefficient (Wildman–Crippen LogP) is 1.78. The Bertz CT molecular complexity index is 305. The summed E-state index contributed by atoms with van der Waals surface area (Å²) in [5, 5.41) is 11.9. The van der Waals surface area contributed by atoms with Gasteiger partial charge in [0.25, 0.3) is 0 Å². The topological polar surface area (TPSA) is 69.6 Å². The lowest BCUT2D eigenvalue weighted by molar-refractivity contribution is -0.143. The average Bonchev–Trinajstić information content (AvgIpc) is 2.35. The van der Waals surface area contributed by atoms with E-state index in [1.807, 2.05) is 0 Å². The number of nitrogens with one attached hydrogen (secondary N) is 1. The SMILES string of the molecule is CC(C)C(C)CNC(=O)N1CCC[C@H](C(=O)O)C1. The maximum absolute atomic E-state index is 11.9. The third-order valence-corrected chi connectivity index (χ3v) is 3.77. The third-order valence-electron chi connectivity index (χ3n) is 3.77. The van der Waals surface area contributed by atoms with Crippen molar-refractivity contribution in [3.63, 3.8) is 0 Å². The van der Waals surface area contributed by atoms with E-state index in [1.165, 1.54) is 0 Å². The maximum Gasteiger partial charge on any atom is 0.317 e. The Morgan fingerprint density at radius 3 is 2.61 bits per heavy atom. The number of carboxylic acid groups (broad SMARTS) is 1. The molecule has 1 unspecified atom stereocenters. The summed E-state index contributed by atoms with van der Waals surface area (Å²) in [6.07, 6.45) is 1.44. The zero-order chi connectivity index (χ0) is 13.7. The molecule has 104 valence electrons. The molecule has 0 aliphatic carbocycles. The van der Waals surface area contributed by atoms with Gasteiger partial charge in [0.1, 0.15) is 0 Å². The number of carbonyl (C=O) groups is 2. The van der Waals surface area contributed by atoms with Gasteiger partial charge in [-0.25, -0.2) is 4.79 Å². The largest absolute Gasteiger partial charge is 0.481 e. The molecule has 0 bridgehead atoms. The summed E-state index contributed by atoms with van der Waals surface area (Å²) in [5.41, 5.74) is 0. The molecule has 1 fully saturated rings. The van der Waals surface area contributed by atoms with Crippen LogP contribution in [0.25, 0.3) is 0 Å². The van der Waals surface area contributed by atoms with Crippen LogP contribution in [-0.4, -0.2) is 41.6 Å². The van der Waals surface area contributed by atoms with E-state index in [0.29, 0.717) is 37.9 Å². The maximum atomic E-state index is 11.9. The number of piperidine rings is 1. The van der Waals surface area contributed by atoms with Gasteiger partial charge in [-0.1, -0.05) is 20.8 Å². The van der Waals surface area contributed by atoms with Crippen molar-refractivity contribution in [1.29, 1.82) is 0 Å². The number of likely N-dealkylation sites (tertiary alicyclic amines) is 1. The number of hydrogen-bond acceptors (Lipinski definition) is 2. The van der Waals surface area contributed by atoms with Crippen LogP contribution in [0.4, 0.5) is 4.79 Å². The Hall–Kier alpha value is -1.26. The van der Waals surface area contributed by atoms with Gasteiger partial charge in [0.15, 0.2) is 0 Å². The van der Waals surface area contributed by atoms with Crippen molar-refractivity contribution in [1.82, 2.24) is 10.2 Å². The zero-order valence-electron chi connectivity index (χ0n) is 11.5. The lowest BCUT2D eigenvalue weighted by atomic mass is 9.98. The molecular weight excluding hydrogens is 232 g/mol. The summed E-state index contributed by atoms with van der Waals surface area (Å²) in [5.74, 6) is -0.262. The van der Waals surface area contributed by atoms with Crippen molar-refractivity contribution in [2.45, 2.75) is 33.6 Å². The van der Waals surface area contributed by atoms with Gasteiger partial charge in [-0.2, -0.15) is 0 Å². The summed E-state index contributed by atoms with van der Waals surface area (Å²) >= 11 is 0. The molecule has 0 aromatic heterocycles. The van der Waals surface area contributed by atoms with Gasteiger partial charge in [0, 0.05) is 19.6 Å². The monoisotopic (exact) mass is 256 g/mol. The average molecular weight is 256 g/mol. The van der Waals surface area contributed by atoms with Crippen molar-refractivity contribution in [2.24, 2.45) is 17.8 Å². The van der Waals surface area contributed by atoms with Gasteiger partial charge in [0.05, 0.1) is 5.92 Å². The number of carboxylic acids is 1. The Morgan fingerprint density at radius 1 is 1.39 bits per heavy atom. The highest BCUT2D eigenvalue weighted by molar-refractivity contribution is 5.76. The number of nitrogens with zero attached hydrogens (tertiary/aromatic N) is 1. The molecule has 2 amide bonds.